The van der Waals surface area contributed by atoms with Crippen molar-refractivity contribution in [1.82, 2.24) is 10.3 Å². The van der Waals surface area contributed by atoms with Crippen LogP contribution >= 0.6 is 0 Å². The monoisotopic (exact) mass is 255 g/mol. The lowest BCUT2D eigenvalue weighted by Gasteiger charge is -2.05. The molecular weight excluding hydrogens is 242 g/mol. The third-order valence-electron chi connectivity index (χ3n) is 3.11. The standard InChI is InChI=1S/C14H13N3O2/c18-13-6-10-1-2-11(5-12(10)17-13)14(19)16-8-9-3-4-15-7-9/h1-5,7,15H,6,8H2,(H,16,19)(H,17,18). The van der Waals surface area contributed by atoms with E-state index in [1.54, 1.807) is 12.1 Å². The van der Waals surface area contributed by atoms with Crippen LogP contribution in [-0.4, -0.2) is 16.8 Å². The van der Waals surface area contributed by atoms with Gasteiger partial charge in [0.1, 0.15) is 0 Å². The van der Waals surface area contributed by atoms with Gasteiger partial charge in [-0.15, -0.1) is 0 Å². The number of carbonyl (C=O) groups is 2. The number of benzene rings is 1. The summed E-state index contributed by atoms with van der Waals surface area (Å²) >= 11 is 0. The maximum Gasteiger partial charge on any atom is 0.251 e. The maximum absolute atomic E-state index is 12.0. The number of nitrogens with one attached hydrogen (secondary N) is 3. The molecule has 0 fully saturated rings. The smallest absolute Gasteiger partial charge is 0.251 e. The van der Waals surface area contributed by atoms with Crippen LogP contribution in [0.1, 0.15) is 21.5 Å². The van der Waals surface area contributed by atoms with Crippen molar-refractivity contribution in [3.05, 3.63) is 53.3 Å². The normalized spacial score (nSPS) is 12.9. The Labute approximate surface area is 110 Å². The molecule has 0 aliphatic carbocycles. The van der Waals surface area contributed by atoms with Crippen LogP contribution in [0.3, 0.4) is 0 Å². The number of anilines is 1. The number of amides is 2. The minimum Gasteiger partial charge on any atom is -0.367 e. The zero-order valence-electron chi connectivity index (χ0n) is 10.2. The molecular formula is C14H13N3O2. The Balaban J connectivity index is 1.70. The van der Waals surface area contributed by atoms with Crippen molar-refractivity contribution in [2.24, 2.45) is 0 Å². The molecule has 0 bridgehead atoms. The quantitative estimate of drug-likeness (QED) is 0.776. The zero-order chi connectivity index (χ0) is 13.2. The number of hydrogen-bond acceptors (Lipinski definition) is 2. The lowest BCUT2D eigenvalue weighted by atomic mass is 10.1. The summed E-state index contributed by atoms with van der Waals surface area (Å²) in [6, 6.07) is 7.18. The van der Waals surface area contributed by atoms with E-state index in [2.05, 4.69) is 15.6 Å². The number of fused-ring (bicyclic) bond motifs is 1. The topological polar surface area (TPSA) is 74.0 Å². The molecule has 2 heterocycles. The van der Waals surface area contributed by atoms with Gasteiger partial charge in [-0.1, -0.05) is 6.07 Å². The van der Waals surface area contributed by atoms with Crippen LogP contribution in [0, 0.1) is 0 Å². The van der Waals surface area contributed by atoms with Crippen molar-refractivity contribution < 1.29 is 9.59 Å². The summed E-state index contributed by atoms with van der Waals surface area (Å²) in [5.74, 6) is -0.176. The summed E-state index contributed by atoms with van der Waals surface area (Å²) in [7, 11) is 0. The Hall–Kier alpha value is -2.56. The first-order chi connectivity index (χ1) is 9.22. The van der Waals surface area contributed by atoms with Gasteiger partial charge in [-0.25, -0.2) is 0 Å². The fourth-order valence-corrected chi connectivity index (χ4v) is 2.11. The summed E-state index contributed by atoms with van der Waals surface area (Å²) in [5, 5.41) is 5.57. The number of H-pyrrole nitrogens is 1. The van der Waals surface area contributed by atoms with Crippen molar-refractivity contribution in [2.75, 3.05) is 5.32 Å². The Morgan fingerprint density at radius 1 is 1.32 bits per heavy atom. The van der Waals surface area contributed by atoms with E-state index < -0.39 is 0 Å². The zero-order valence-corrected chi connectivity index (χ0v) is 10.2. The van der Waals surface area contributed by atoms with Gasteiger partial charge < -0.3 is 15.6 Å². The second-order valence-corrected chi connectivity index (χ2v) is 4.50. The molecule has 1 aromatic carbocycles. The Morgan fingerprint density at radius 3 is 3.00 bits per heavy atom. The molecule has 96 valence electrons. The molecule has 0 atom stereocenters. The molecule has 3 N–H and O–H groups in total. The third kappa shape index (κ3) is 2.35. The number of hydrogen-bond donors (Lipinski definition) is 3. The van der Waals surface area contributed by atoms with E-state index in [0.717, 1.165) is 16.8 Å². The van der Waals surface area contributed by atoms with E-state index in [-0.39, 0.29) is 11.8 Å². The molecule has 1 aromatic heterocycles. The Bertz CT molecular complexity index is 632. The highest BCUT2D eigenvalue weighted by Crippen LogP contribution is 2.23. The fourth-order valence-electron chi connectivity index (χ4n) is 2.11. The van der Waals surface area contributed by atoms with Crippen LogP contribution in [0.25, 0.3) is 0 Å². The first-order valence-electron chi connectivity index (χ1n) is 6.05. The van der Waals surface area contributed by atoms with Crippen molar-refractivity contribution in [3.63, 3.8) is 0 Å². The van der Waals surface area contributed by atoms with Gasteiger partial charge in [0.25, 0.3) is 5.91 Å². The van der Waals surface area contributed by atoms with Gasteiger partial charge in [-0.2, -0.15) is 0 Å². The highest BCUT2D eigenvalue weighted by molar-refractivity contribution is 6.02. The summed E-state index contributed by atoms with van der Waals surface area (Å²) in [4.78, 5) is 26.2. The number of rotatable bonds is 3. The maximum atomic E-state index is 12.0. The summed E-state index contributed by atoms with van der Waals surface area (Å²) in [5.41, 5.74) is 3.24. The van der Waals surface area contributed by atoms with E-state index in [1.165, 1.54) is 0 Å². The molecule has 0 unspecified atom stereocenters. The number of carbonyl (C=O) groups excluding carboxylic acids is 2. The van der Waals surface area contributed by atoms with Gasteiger partial charge in [0.05, 0.1) is 6.42 Å². The van der Waals surface area contributed by atoms with Gasteiger partial charge in [-0.05, 0) is 29.3 Å². The molecule has 19 heavy (non-hydrogen) atoms. The van der Waals surface area contributed by atoms with E-state index in [1.807, 2.05) is 24.5 Å². The average molecular weight is 255 g/mol. The van der Waals surface area contributed by atoms with Crippen LogP contribution in [-0.2, 0) is 17.8 Å². The van der Waals surface area contributed by atoms with Gasteiger partial charge >= 0.3 is 0 Å². The fraction of sp³-hybridized carbons (Fsp3) is 0.143. The first-order valence-corrected chi connectivity index (χ1v) is 6.05. The molecule has 1 aliphatic rings. The van der Waals surface area contributed by atoms with E-state index >= 15 is 0 Å². The summed E-state index contributed by atoms with van der Waals surface area (Å²) in [6.07, 6.45) is 4.04. The third-order valence-corrected chi connectivity index (χ3v) is 3.11. The van der Waals surface area contributed by atoms with Gasteiger partial charge in [0.15, 0.2) is 0 Å². The average Bonchev–Trinajstić information content (AvgIpc) is 3.02. The molecule has 1 aliphatic heterocycles. The largest absolute Gasteiger partial charge is 0.367 e. The van der Waals surface area contributed by atoms with Crippen molar-refractivity contribution >= 4 is 17.5 Å². The molecule has 0 spiro atoms. The summed E-state index contributed by atoms with van der Waals surface area (Å²) < 4.78 is 0. The van der Waals surface area contributed by atoms with E-state index in [0.29, 0.717) is 18.5 Å². The molecule has 3 rings (SSSR count). The molecule has 0 saturated heterocycles. The lowest BCUT2D eigenvalue weighted by molar-refractivity contribution is -0.115. The number of aromatic nitrogens is 1. The van der Waals surface area contributed by atoms with Crippen molar-refractivity contribution in [3.8, 4) is 0 Å². The van der Waals surface area contributed by atoms with Gasteiger partial charge in [0, 0.05) is 30.2 Å². The second kappa shape index (κ2) is 4.61. The molecule has 5 nitrogen and oxygen atoms in total. The van der Waals surface area contributed by atoms with Crippen molar-refractivity contribution in [1.29, 1.82) is 0 Å². The Morgan fingerprint density at radius 2 is 2.21 bits per heavy atom. The van der Waals surface area contributed by atoms with E-state index in [4.69, 9.17) is 0 Å². The molecule has 0 saturated carbocycles. The van der Waals surface area contributed by atoms with Gasteiger partial charge in [-0.3, -0.25) is 9.59 Å². The van der Waals surface area contributed by atoms with Crippen LogP contribution in [0.5, 0.6) is 0 Å². The highest BCUT2D eigenvalue weighted by atomic mass is 16.2. The SMILES string of the molecule is O=C1Cc2ccc(C(=O)NCc3cc[nH]c3)cc2N1. The summed E-state index contributed by atoms with van der Waals surface area (Å²) in [6.45, 7) is 0.478. The lowest BCUT2D eigenvalue weighted by Crippen LogP contribution is -2.22. The first kappa shape index (κ1) is 11.5. The predicted octanol–water partition coefficient (Wildman–Crippen LogP) is 1.44. The number of aromatic amines is 1. The Kier molecular flexibility index (Phi) is 2.79. The minimum atomic E-state index is -0.148. The van der Waals surface area contributed by atoms with Gasteiger partial charge in [0.2, 0.25) is 5.91 Å². The van der Waals surface area contributed by atoms with Crippen LogP contribution in [0.15, 0.2) is 36.7 Å². The van der Waals surface area contributed by atoms with E-state index in [9.17, 15) is 9.59 Å². The van der Waals surface area contributed by atoms with Crippen molar-refractivity contribution in [2.45, 2.75) is 13.0 Å². The highest BCUT2D eigenvalue weighted by Gasteiger charge is 2.18. The molecule has 2 amide bonds. The predicted molar refractivity (Wildman–Crippen MR) is 70.7 cm³/mol. The van der Waals surface area contributed by atoms with Crippen LogP contribution in [0.2, 0.25) is 0 Å². The molecule has 5 heteroatoms. The van der Waals surface area contributed by atoms with Crippen LogP contribution in [0.4, 0.5) is 5.69 Å². The second-order valence-electron chi connectivity index (χ2n) is 4.50. The molecule has 0 radical (unpaired) electrons. The minimum absolute atomic E-state index is 0.0279. The van der Waals surface area contributed by atoms with Crippen LogP contribution < -0.4 is 10.6 Å². The molecule has 2 aromatic rings.